The van der Waals surface area contributed by atoms with Gasteiger partial charge in [-0.15, -0.1) is 12.4 Å². The molecular formula is C19H27ClN2O. The van der Waals surface area contributed by atoms with Crippen molar-refractivity contribution in [2.24, 2.45) is 17.6 Å². The molecular weight excluding hydrogens is 308 g/mol. The van der Waals surface area contributed by atoms with Gasteiger partial charge in [-0.25, -0.2) is 0 Å². The van der Waals surface area contributed by atoms with E-state index in [0.29, 0.717) is 23.9 Å². The zero-order chi connectivity index (χ0) is 15.2. The zero-order valence-corrected chi connectivity index (χ0v) is 14.4. The van der Waals surface area contributed by atoms with E-state index >= 15 is 0 Å². The van der Waals surface area contributed by atoms with Crippen molar-refractivity contribution in [3.8, 4) is 0 Å². The Labute approximate surface area is 144 Å². The van der Waals surface area contributed by atoms with E-state index in [1.807, 2.05) is 18.2 Å². The summed E-state index contributed by atoms with van der Waals surface area (Å²) in [5.74, 6) is 1.45. The molecule has 0 aliphatic heterocycles. The predicted molar refractivity (Wildman–Crippen MR) is 94.6 cm³/mol. The molecule has 23 heavy (non-hydrogen) atoms. The summed E-state index contributed by atoms with van der Waals surface area (Å²) >= 11 is 0. The number of hydrogen-bond donors (Lipinski definition) is 2. The van der Waals surface area contributed by atoms with Crippen LogP contribution in [0.2, 0.25) is 0 Å². The maximum Gasteiger partial charge on any atom is 0.230 e. The maximum atomic E-state index is 13.0. The minimum atomic E-state index is -0.241. The van der Waals surface area contributed by atoms with Crippen LogP contribution in [0.15, 0.2) is 30.3 Å². The van der Waals surface area contributed by atoms with Gasteiger partial charge in [0.05, 0.1) is 5.41 Å². The highest BCUT2D eigenvalue weighted by atomic mass is 35.5. The minimum absolute atomic E-state index is 0. The molecule has 126 valence electrons. The highest BCUT2D eigenvalue weighted by Crippen LogP contribution is 2.49. The van der Waals surface area contributed by atoms with Crippen LogP contribution in [0.4, 0.5) is 0 Å². The monoisotopic (exact) mass is 334 g/mol. The van der Waals surface area contributed by atoms with Crippen molar-refractivity contribution in [2.75, 3.05) is 0 Å². The van der Waals surface area contributed by atoms with Gasteiger partial charge in [0.2, 0.25) is 5.91 Å². The molecule has 0 aromatic heterocycles. The summed E-state index contributed by atoms with van der Waals surface area (Å²) < 4.78 is 0. The van der Waals surface area contributed by atoms with Crippen LogP contribution in [-0.2, 0) is 10.2 Å². The van der Waals surface area contributed by atoms with Crippen LogP contribution in [0.1, 0.15) is 50.5 Å². The lowest BCUT2D eigenvalue weighted by atomic mass is 9.67. The summed E-state index contributed by atoms with van der Waals surface area (Å²) in [5.41, 5.74) is 7.14. The predicted octanol–water partition coefficient (Wildman–Crippen LogP) is 3.16. The second-order valence-electron chi connectivity index (χ2n) is 7.63. The Kier molecular flexibility index (Phi) is 4.70. The Hall–Kier alpha value is -1.06. The van der Waals surface area contributed by atoms with Crippen molar-refractivity contribution in [3.05, 3.63) is 35.9 Å². The summed E-state index contributed by atoms with van der Waals surface area (Å²) in [5, 5.41) is 3.45. The van der Waals surface area contributed by atoms with Gasteiger partial charge < -0.3 is 11.1 Å². The molecule has 2 bridgehead atoms. The van der Waals surface area contributed by atoms with Crippen LogP contribution >= 0.6 is 12.4 Å². The number of nitrogens with one attached hydrogen (secondary N) is 1. The zero-order valence-electron chi connectivity index (χ0n) is 13.5. The molecule has 3 aliphatic carbocycles. The van der Waals surface area contributed by atoms with E-state index < -0.39 is 0 Å². The van der Waals surface area contributed by atoms with Crippen molar-refractivity contribution in [1.29, 1.82) is 0 Å². The normalized spacial score (nSPS) is 34.1. The number of nitrogens with two attached hydrogens (primary N) is 1. The lowest BCUT2D eigenvalue weighted by molar-refractivity contribution is -0.126. The first kappa shape index (κ1) is 16.8. The molecule has 3 fully saturated rings. The Morgan fingerprint density at radius 3 is 2.26 bits per heavy atom. The van der Waals surface area contributed by atoms with Crippen molar-refractivity contribution < 1.29 is 4.79 Å². The lowest BCUT2D eigenvalue weighted by Gasteiger charge is -2.45. The number of halogens is 1. The van der Waals surface area contributed by atoms with Crippen LogP contribution in [0.25, 0.3) is 0 Å². The fourth-order valence-electron chi connectivity index (χ4n) is 4.84. The summed E-state index contributed by atoms with van der Waals surface area (Å²) in [6.45, 7) is 0. The molecule has 3 aliphatic rings. The average Bonchev–Trinajstić information content (AvgIpc) is 3.31. The highest BCUT2D eigenvalue weighted by Gasteiger charge is 2.52. The van der Waals surface area contributed by atoms with Gasteiger partial charge in [-0.2, -0.15) is 0 Å². The smallest absolute Gasteiger partial charge is 0.230 e. The molecule has 4 heteroatoms. The first-order chi connectivity index (χ1) is 10.7. The van der Waals surface area contributed by atoms with Gasteiger partial charge in [0.15, 0.2) is 0 Å². The van der Waals surface area contributed by atoms with Crippen LogP contribution in [0.5, 0.6) is 0 Å². The van der Waals surface area contributed by atoms with E-state index in [1.165, 1.54) is 24.8 Å². The standard InChI is InChI=1S/C19H26N2O.ClH/c20-16-11-13-5-4-6-14(12-16)17(13)21-18(22)19(9-10-19)15-7-2-1-3-8-15;/h1-3,7-8,13-14,16-17H,4-6,9-12,20H2,(H,21,22);1H. The average molecular weight is 335 g/mol. The highest BCUT2D eigenvalue weighted by molar-refractivity contribution is 5.91. The summed E-state index contributed by atoms with van der Waals surface area (Å²) in [6, 6.07) is 11.0. The SMILES string of the molecule is Cl.NC1CC2CCCC(C1)C2NC(=O)C1(c2ccccc2)CC1. The third kappa shape index (κ3) is 3.01. The lowest BCUT2D eigenvalue weighted by Crippen LogP contribution is -2.55. The first-order valence-electron chi connectivity index (χ1n) is 8.81. The topological polar surface area (TPSA) is 55.1 Å². The van der Waals surface area contributed by atoms with E-state index in [0.717, 1.165) is 25.7 Å². The van der Waals surface area contributed by atoms with Gasteiger partial charge in [-0.05, 0) is 55.9 Å². The number of rotatable bonds is 3. The molecule has 3 nitrogen and oxygen atoms in total. The maximum absolute atomic E-state index is 13.0. The Morgan fingerprint density at radius 1 is 1.09 bits per heavy atom. The van der Waals surface area contributed by atoms with Gasteiger partial charge in [-0.1, -0.05) is 36.8 Å². The molecule has 1 aromatic rings. The number of benzene rings is 1. The second kappa shape index (κ2) is 6.45. The van der Waals surface area contributed by atoms with Crippen molar-refractivity contribution >= 4 is 18.3 Å². The number of fused-ring (bicyclic) bond motifs is 2. The summed E-state index contributed by atoms with van der Waals surface area (Å²) in [4.78, 5) is 13.0. The van der Waals surface area contributed by atoms with Crippen LogP contribution in [0.3, 0.4) is 0 Å². The van der Waals surface area contributed by atoms with E-state index in [2.05, 4.69) is 17.4 Å². The molecule has 3 saturated carbocycles. The second-order valence-corrected chi connectivity index (χ2v) is 7.63. The van der Waals surface area contributed by atoms with E-state index in [9.17, 15) is 4.79 Å². The molecule has 0 saturated heterocycles. The molecule has 1 aromatic carbocycles. The number of carbonyl (C=O) groups is 1. The molecule has 0 spiro atoms. The molecule has 2 atom stereocenters. The van der Waals surface area contributed by atoms with Gasteiger partial charge in [0.1, 0.15) is 0 Å². The van der Waals surface area contributed by atoms with Crippen molar-refractivity contribution in [1.82, 2.24) is 5.32 Å². The number of amides is 1. The number of hydrogen-bond acceptors (Lipinski definition) is 2. The molecule has 0 heterocycles. The van der Waals surface area contributed by atoms with E-state index in [-0.39, 0.29) is 23.7 Å². The van der Waals surface area contributed by atoms with E-state index in [1.54, 1.807) is 0 Å². The molecule has 3 N–H and O–H groups in total. The van der Waals surface area contributed by atoms with Gasteiger partial charge >= 0.3 is 0 Å². The minimum Gasteiger partial charge on any atom is -0.352 e. The molecule has 4 rings (SSSR count). The van der Waals surface area contributed by atoms with Crippen molar-refractivity contribution in [2.45, 2.75) is 62.4 Å². The Morgan fingerprint density at radius 2 is 1.70 bits per heavy atom. The Bertz CT molecular complexity index is 544. The van der Waals surface area contributed by atoms with Gasteiger partial charge in [0, 0.05) is 12.1 Å². The summed E-state index contributed by atoms with van der Waals surface area (Å²) in [7, 11) is 0. The Balaban J connectivity index is 0.00000156. The largest absolute Gasteiger partial charge is 0.352 e. The quantitative estimate of drug-likeness (QED) is 0.892. The third-order valence-electron chi connectivity index (χ3n) is 6.19. The van der Waals surface area contributed by atoms with Gasteiger partial charge in [0.25, 0.3) is 0 Å². The van der Waals surface area contributed by atoms with E-state index in [4.69, 9.17) is 5.73 Å². The molecule has 0 radical (unpaired) electrons. The third-order valence-corrected chi connectivity index (χ3v) is 6.19. The fraction of sp³-hybridized carbons (Fsp3) is 0.632. The van der Waals surface area contributed by atoms with Gasteiger partial charge in [-0.3, -0.25) is 4.79 Å². The number of carbonyl (C=O) groups excluding carboxylic acids is 1. The fourth-order valence-corrected chi connectivity index (χ4v) is 4.84. The van der Waals surface area contributed by atoms with Crippen LogP contribution in [-0.4, -0.2) is 18.0 Å². The first-order valence-corrected chi connectivity index (χ1v) is 8.81. The molecule has 2 unspecified atom stereocenters. The van der Waals surface area contributed by atoms with Crippen LogP contribution < -0.4 is 11.1 Å². The van der Waals surface area contributed by atoms with Crippen LogP contribution in [0, 0.1) is 11.8 Å². The summed E-state index contributed by atoms with van der Waals surface area (Å²) in [6.07, 6.45) is 7.91. The molecule has 1 amide bonds. The van der Waals surface area contributed by atoms with Crippen molar-refractivity contribution in [3.63, 3.8) is 0 Å².